The summed E-state index contributed by atoms with van der Waals surface area (Å²) in [5.41, 5.74) is 1.40. The zero-order valence-electron chi connectivity index (χ0n) is 17.2. The first kappa shape index (κ1) is 21.4. The van der Waals surface area contributed by atoms with Crippen molar-refractivity contribution in [1.82, 2.24) is 10.3 Å². The fraction of sp³-hybridized carbons (Fsp3) is 0.522. The Bertz CT molecular complexity index is 992. The minimum absolute atomic E-state index is 0.0153. The number of carbonyl (C=O) groups is 1. The highest BCUT2D eigenvalue weighted by Crippen LogP contribution is 2.41. The minimum atomic E-state index is -4.47. The van der Waals surface area contributed by atoms with Crippen LogP contribution in [0.15, 0.2) is 30.5 Å². The molecular formula is C23H25F3N4O. The summed E-state index contributed by atoms with van der Waals surface area (Å²) in [6.45, 7) is -0.305. The van der Waals surface area contributed by atoms with E-state index in [9.17, 15) is 23.2 Å². The lowest BCUT2D eigenvalue weighted by molar-refractivity contribution is -0.182. The summed E-state index contributed by atoms with van der Waals surface area (Å²) in [6.07, 6.45) is 2.93. The molecule has 2 aromatic rings. The third kappa shape index (κ3) is 4.46. The van der Waals surface area contributed by atoms with Crippen LogP contribution < -0.4 is 10.2 Å². The predicted octanol–water partition coefficient (Wildman–Crippen LogP) is 4.56. The van der Waals surface area contributed by atoms with Crippen LogP contribution in [0.4, 0.5) is 18.9 Å². The van der Waals surface area contributed by atoms with E-state index >= 15 is 0 Å². The van der Waals surface area contributed by atoms with Crippen LogP contribution in [0.1, 0.15) is 44.1 Å². The van der Waals surface area contributed by atoms with Gasteiger partial charge in [0.05, 0.1) is 22.9 Å². The number of anilines is 1. The Labute approximate surface area is 179 Å². The second kappa shape index (κ2) is 8.74. The van der Waals surface area contributed by atoms with E-state index in [2.05, 4.69) is 16.4 Å². The van der Waals surface area contributed by atoms with E-state index in [0.717, 1.165) is 38.5 Å². The van der Waals surface area contributed by atoms with Gasteiger partial charge in [-0.05, 0) is 37.1 Å². The first-order valence-electron chi connectivity index (χ1n) is 10.8. The molecule has 0 bridgehead atoms. The number of aromatic nitrogens is 1. The Morgan fingerprint density at radius 1 is 1.13 bits per heavy atom. The van der Waals surface area contributed by atoms with Gasteiger partial charge in [-0.1, -0.05) is 25.7 Å². The van der Waals surface area contributed by atoms with Gasteiger partial charge in [0.2, 0.25) is 5.91 Å². The van der Waals surface area contributed by atoms with Crippen LogP contribution in [0.2, 0.25) is 0 Å². The van der Waals surface area contributed by atoms with Crippen molar-refractivity contribution in [2.75, 3.05) is 18.0 Å². The standard InChI is InChI=1S/C23H25F3N4O/c24-23(25,26)19-14-30(13-18(19)22(31)29-16-6-3-1-2-4-7-16)20-10-9-15(12-27)21-17(20)8-5-11-28-21/h5,8-11,16,18-19H,1-4,6-7,13-14H2,(H,29,31). The van der Waals surface area contributed by atoms with E-state index in [1.165, 1.54) is 0 Å². The molecule has 1 N–H and O–H groups in total. The van der Waals surface area contributed by atoms with E-state index in [1.54, 1.807) is 35.4 Å². The Balaban J connectivity index is 1.61. The predicted molar refractivity (Wildman–Crippen MR) is 111 cm³/mol. The number of benzene rings is 1. The van der Waals surface area contributed by atoms with Crippen molar-refractivity contribution in [2.45, 2.75) is 50.7 Å². The highest BCUT2D eigenvalue weighted by molar-refractivity contribution is 5.95. The number of nitriles is 1. The van der Waals surface area contributed by atoms with Gasteiger partial charge in [-0.25, -0.2) is 0 Å². The van der Waals surface area contributed by atoms with Crippen LogP contribution in [0.3, 0.4) is 0 Å². The molecule has 5 nitrogen and oxygen atoms in total. The number of carbonyl (C=O) groups excluding carboxylic acids is 1. The maximum Gasteiger partial charge on any atom is 0.394 e. The van der Waals surface area contributed by atoms with Crippen molar-refractivity contribution in [3.05, 3.63) is 36.0 Å². The summed E-state index contributed by atoms with van der Waals surface area (Å²) in [4.78, 5) is 18.8. The molecule has 2 aliphatic rings. The number of alkyl halides is 3. The zero-order valence-corrected chi connectivity index (χ0v) is 17.2. The molecule has 1 aromatic carbocycles. The average Bonchev–Trinajstić information content (AvgIpc) is 3.06. The molecule has 0 radical (unpaired) electrons. The van der Waals surface area contributed by atoms with Crippen molar-refractivity contribution in [3.8, 4) is 6.07 Å². The average molecular weight is 430 g/mol. The van der Waals surface area contributed by atoms with Gasteiger partial charge in [0.1, 0.15) is 6.07 Å². The van der Waals surface area contributed by atoms with Gasteiger partial charge in [-0.2, -0.15) is 18.4 Å². The van der Waals surface area contributed by atoms with Crippen molar-refractivity contribution in [3.63, 3.8) is 0 Å². The van der Waals surface area contributed by atoms with Crippen LogP contribution in [0.5, 0.6) is 0 Å². The van der Waals surface area contributed by atoms with Gasteiger partial charge in [0.15, 0.2) is 0 Å². The second-order valence-electron chi connectivity index (χ2n) is 8.50. The fourth-order valence-corrected chi connectivity index (χ4v) is 4.85. The molecule has 0 spiro atoms. The highest BCUT2D eigenvalue weighted by atomic mass is 19.4. The molecule has 164 valence electrons. The molecule has 4 rings (SSSR count). The van der Waals surface area contributed by atoms with Gasteiger partial charge in [0, 0.05) is 36.4 Å². The van der Waals surface area contributed by atoms with Crippen LogP contribution in [0, 0.1) is 23.2 Å². The lowest BCUT2D eigenvalue weighted by Gasteiger charge is -2.23. The molecule has 1 saturated carbocycles. The summed E-state index contributed by atoms with van der Waals surface area (Å²) in [6, 6.07) is 8.70. The summed E-state index contributed by atoms with van der Waals surface area (Å²) in [5.74, 6) is -3.40. The smallest absolute Gasteiger partial charge is 0.370 e. The minimum Gasteiger partial charge on any atom is -0.370 e. The molecule has 31 heavy (non-hydrogen) atoms. The van der Waals surface area contributed by atoms with Crippen molar-refractivity contribution in [2.24, 2.45) is 11.8 Å². The number of halogens is 3. The number of hydrogen-bond donors (Lipinski definition) is 1. The third-order valence-electron chi connectivity index (χ3n) is 6.49. The summed E-state index contributed by atoms with van der Waals surface area (Å²) < 4.78 is 41.6. The Hall–Kier alpha value is -2.82. The number of nitrogens with zero attached hydrogens (tertiary/aromatic N) is 3. The lowest BCUT2D eigenvalue weighted by Crippen LogP contribution is -2.44. The molecule has 1 aromatic heterocycles. The van der Waals surface area contributed by atoms with Crippen LogP contribution in [-0.2, 0) is 4.79 Å². The zero-order chi connectivity index (χ0) is 22.0. The van der Waals surface area contributed by atoms with Crippen molar-refractivity contribution < 1.29 is 18.0 Å². The number of fused-ring (bicyclic) bond motifs is 1. The maximum atomic E-state index is 13.9. The first-order chi connectivity index (χ1) is 14.9. The van der Waals surface area contributed by atoms with Gasteiger partial charge < -0.3 is 10.2 Å². The molecule has 2 heterocycles. The Morgan fingerprint density at radius 3 is 2.55 bits per heavy atom. The Morgan fingerprint density at radius 2 is 1.87 bits per heavy atom. The lowest BCUT2D eigenvalue weighted by atomic mass is 9.94. The quantitative estimate of drug-likeness (QED) is 0.725. The van der Waals surface area contributed by atoms with Gasteiger partial charge in [-0.3, -0.25) is 9.78 Å². The number of rotatable bonds is 3. The molecular weight excluding hydrogens is 405 g/mol. The SMILES string of the molecule is N#Cc1ccc(N2CC(C(=O)NC3CCCCCC3)C(C(F)(F)F)C2)c2cccnc12. The maximum absolute atomic E-state index is 13.9. The molecule has 2 unspecified atom stereocenters. The van der Waals surface area contributed by atoms with Crippen molar-refractivity contribution >= 4 is 22.5 Å². The number of amides is 1. The molecule has 1 saturated heterocycles. The summed E-state index contributed by atoms with van der Waals surface area (Å²) in [5, 5.41) is 12.9. The number of hydrogen-bond acceptors (Lipinski definition) is 4. The molecule has 2 fully saturated rings. The molecule has 1 aliphatic heterocycles. The van der Waals surface area contributed by atoms with E-state index in [4.69, 9.17) is 0 Å². The van der Waals surface area contributed by atoms with E-state index in [1.807, 2.05) is 0 Å². The normalized spacial score (nSPS) is 22.8. The Kier molecular flexibility index (Phi) is 6.03. The highest BCUT2D eigenvalue weighted by Gasteiger charge is 2.52. The van der Waals surface area contributed by atoms with Crippen LogP contribution in [0.25, 0.3) is 10.9 Å². The second-order valence-corrected chi connectivity index (χ2v) is 8.50. The largest absolute Gasteiger partial charge is 0.394 e. The van der Waals surface area contributed by atoms with Gasteiger partial charge in [-0.15, -0.1) is 0 Å². The molecule has 1 amide bonds. The van der Waals surface area contributed by atoms with E-state index in [-0.39, 0.29) is 19.1 Å². The van der Waals surface area contributed by atoms with Crippen LogP contribution >= 0.6 is 0 Å². The summed E-state index contributed by atoms with van der Waals surface area (Å²) in [7, 11) is 0. The van der Waals surface area contributed by atoms with E-state index < -0.39 is 23.9 Å². The molecule has 1 aliphatic carbocycles. The molecule has 2 atom stereocenters. The first-order valence-corrected chi connectivity index (χ1v) is 10.8. The van der Waals surface area contributed by atoms with Crippen LogP contribution in [-0.4, -0.2) is 36.2 Å². The number of nitrogens with one attached hydrogen (secondary N) is 1. The fourth-order valence-electron chi connectivity index (χ4n) is 4.85. The van der Waals surface area contributed by atoms with E-state index in [0.29, 0.717) is 22.2 Å². The topological polar surface area (TPSA) is 69.0 Å². The number of pyridine rings is 1. The third-order valence-corrected chi connectivity index (χ3v) is 6.49. The monoisotopic (exact) mass is 430 g/mol. The molecule has 8 heteroatoms. The van der Waals surface area contributed by atoms with Gasteiger partial charge in [0.25, 0.3) is 0 Å². The van der Waals surface area contributed by atoms with Gasteiger partial charge >= 0.3 is 6.18 Å². The summed E-state index contributed by atoms with van der Waals surface area (Å²) >= 11 is 0. The van der Waals surface area contributed by atoms with Crippen molar-refractivity contribution in [1.29, 1.82) is 5.26 Å².